The van der Waals surface area contributed by atoms with Gasteiger partial charge in [-0.05, 0) is 38.6 Å². The van der Waals surface area contributed by atoms with Gasteiger partial charge in [-0.15, -0.1) is 5.10 Å². The molecule has 102 valence electrons. The second-order valence-electron chi connectivity index (χ2n) is 4.47. The van der Waals surface area contributed by atoms with Gasteiger partial charge in [-0.25, -0.2) is 4.68 Å². The third-order valence-electron chi connectivity index (χ3n) is 2.46. The van der Waals surface area contributed by atoms with E-state index in [-0.39, 0.29) is 6.04 Å². The average Bonchev–Trinajstić information content (AvgIpc) is 2.74. The molecule has 8 heteroatoms. The molecule has 0 spiro atoms. The molecule has 0 aliphatic heterocycles. The first kappa shape index (κ1) is 15.1. The highest BCUT2D eigenvalue weighted by molar-refractivity contribution is 7.99. The third kappa shape index (κ3) is 4.71. The van der Waals surface area contributed by atoms with Crippen LogP contribution in [0, 0.1) is 0 Å². The maximum atomic E-state index is 10.9. The standard InChI is InChI=1S/C10H20N6OS/c1-14(2)5-6-16-10(11-12-13-16)18-8-9(7-17)15(3)4/h7,9H,5-6,8H2,1-4H3. The third-order valence-corrected chi connectivity index (χ3v) is 3.52. The molecule has 0 radical (unpaired) electrons. The summed E-state index contributed by atoms with van der Waals surface area (Å²) in [5.41, 5.74) is 0. The molecular weight excluding hydrogens is 252 g/mol. The molecule has 0 amide bonds. The molecule has 1 heterocycles. The molecule has 1 rings (SSSR count). The summed E-state index contributed by atoms with van der Waals surface area (Å²) < 4.78 is 1.77. The maximum Gasteiger partial charge on any atom is 0.209 e. The summed E-state index contributed by atoms with van der Waals surface area (Å²) in [6.07, 6.45) is 0.945. The first-order valence-corrected chi connectivity index (χ1v) is 6.68. The molecule has 18 heavy (non-hydrogen) atoms. The number of hydrogen-bond donors (Lipinski definition) is 0. The smallest absolute Gasteiger partial charge is 0.209 e. The van der Waals surface area contributed by atoms with Crippen molar-refractivity contribution in [3.8, 4) is 0 Å². The fourth-order valence-corrected chi connectivity index (χ4v) is 2.27. The summed E-state index contributed by atoms with van der Waals surface area (Å²) in [5, 5.41) is 12.3. The lowest BCUT2D eigenvalue weighted by Gasteiger charge is -2.17. The van der Waals surface area contributed by atoms with Gasteiger partial charge in [0.2, 0.25) is 5.16 Å². The maximum absolute atomic E-state index is 10.9. The van der Waals surface area contributed by atoms with Crippen LogP contribution in [0.4, 0.5) is 0 Å². The van der Waals surface area contributed by atoms with Crippen molar-refractivity contribution < 1.29 is 4.79 Å². The minimum absolute atomic E-state index is 0.117. The Bertz CT molecular complexity index is 367. The minimum Gasteiger partial charge on any atom is -0.308 e. The molecule has 0 fully saturated rings. The van der Waals surface area contributed by atoms with Crippen LogP contribution < -0.4 is 0 Å². The molecule has 1 aromatic heterocycles. The van der Waals surface area contributed by atoms with Gasteiger partial charge in [0.1, 0.15) is 6.29 Å². The van der Waals surface area contributed by atoms with Crippen molar-refractivity contribution in [3.63, 3.8) is 0 Å². The number of aldehydes is 1. The van der Waals surface area contributed by atoms with Crippen molar-refractivity contribution in [3.05, 3.63) is 0 Å². The number of thioether (sulfide) groups is 1. The second kappa shape index (κ2) is 7.45. The molecule has 0 aliphatic carbocycles. The van der Waals surface area contributed by atoms with Crippen molar-refractivity contribution in [2.45, 2.75) is 17.7 Å². The number of tetrazole rings is 1. The van der Waals surface area contributed by atoms with Crippen LogP contribution in [0.5, 0.6) is 0 Å². The Kier molecular flexibility index (Phi) is 6.23. The van der Waals surface area contributed by atoms with Crippen LogP contribution in [0.2, 0.25) is 0 Å². The van der Waals surface area contributed by atoms with Crippen molar-refractivity contribution in [2.75, 3.05) is 40.5 Å². The Labute approximate surface area is 112 Å². The Balaban J connectivity index is 2.51. The second-order valence-corrected chi connectivity index (χ2v) is 5.45. The van der Waals surface area contributed by atoms with Crippen molar-refractivity contribution >= 4 is 18.0 Å². The molecule has 0 N–H and O–H groups in total. The number of likely N-dealkylation sites (N-methyl/N-ethyl adjacent to an activating group) is 2. The minimum atomic E-state index is -0.117. The van der Waals surface area contributed by atoms with E-state index in [4.69, 9.17) is 0 Å². The lowest BCUT2D eigenvalue weighted by Crippen LogP contribution is -2.31. The Morgan fingerprint density at radius 1 is 1.39 bits per heavy atom. The fraction of sp³-hybridized carbons (Fsp3) is 0.800. The number of carbonyl (C=O) groups is 1. The van der Waals surface area contributed by atoms with Gasteiger partial charge in [0, 0.05) is 12.3 Å². The highest BCUT2D eigenvalue weighted by Crippen LogP contribution is 2.15. The zero-order chi connectivity index (χ0) is 13.5. The molecule has 0 saturated heterocycles. The summed E-state index contributed by atoms with van der Waals surface area (Å²) in [7, 11) is 7.78. The average molecular weight is 272 g/mol. The van der Waals surface area contributed by atoms with Gasteiger partial charge in [-0.3, -0.25) is 4.90 Å². The SMILES string of the molecule is CN(C)CCn1nnnc1SCC(C=O)N(C)C. The number of hydrogen-bond acceptors (Lipinski definition) is 7. The number of carbonyl (C=O) groups excluding carboxylic acids is 1. The topological polar surface area (TPSA) is 67.2 Å². The van der Waals surface area contributed by atoms with E-state index in [1.165, 1.54) is 11.8 Å². The van der Waals surface area contributed by atoms with E-state index in [2.05, 4.69) is 20.4 Å². The predicted molar refractivity (Wildman–Crippen MR) is 70.6 cm³/mol. The summed E-state index contributed by atoms with van der Waals surface area (Å²) in [6, 6.07) is -0.117. The quantitative estimate of drug-likeness (QED) is 0.465. The molecular formula is C10H20N6OS. The van der Waals surface area contributed by atoms with E-state index in [9.17, 15) is 4.79 Å². The normalized spacial score (nSPS) is 13.2. The lowest BCUT2D eigenvalue weighted by molar-refractivity contribution is -0.110. The van der Waals surface area contributed by atoms with Gasteiger partial charge in [0.25, 0.3) is 0 Å². The Morgan fingerprint density at radius 2 is 2.11 bits per heavy atom. The Morgan fingerprint density at radius 3 is 2.67 bits per heavy atom. The van der Waals surface area contributed by atoms with Gasteiger partial charge in [-0.2, -0.15) is 0 Å². The molecule has 1 aromatic rings. The van der Waals surface area contributed by atoms with Gasteiger partial charge >= 0.3 is 0 Å². The van der Waals surface area contributed by atoms with Crippen LogP contribution in [0.25, 0.3) is 0 Å². The zero-order valence-corrected chi connectivity index (χ0v) is 12.1. The molecule has 1 atom stereocenters. The van der Waals surface area contributed by atoms with E-state index >= 15 is 0 Å². The molecule has 0 bridgehead atoms. The van der Waals surface area contributed by atoms with Crippen LogP contribution in [-0.2, 0) is 11.3 Å². The largest absolute Gasteiger partial charge is 0.308 e. The lowest BCUT2D eigenvalue weighted by atomic mass is 10.3. The van der Waals surface area contributed by atoms with E-state index in [1.807, 2.05) is 33.1 Å². The molecule has 0 saturated carbocycles. The Hall–Kier alpha value is -0.990. The number of nitrogens with zero attached hydrogens (tertiary/aromatic N) is 6. The highest BCUT2D eigenvalue weighted by Gasteiger charge is 2.13. The molecule has 0 aromatic carbocycles. The van der Waals surface area contributed by atoms with Gasteiger partial charge in [-0.1, -0.05) is 11.8 Å². The fourth-order valence-electron chi connectivity index (χ4n) is 1.20. The van der Waals surface area contributed by atoms with Crippen LogP contribution in [-0.4, -0.2) is 82.8 Å². The van der Waals surface area contributed by atoms with E-state index in [0.29, 0.717) is 5.75 Å². The van der Waals surface area contributed by atoms with Crippen LogP contribution in [0.15, 0.2) is 5.16 Å². The summed E-state index contributed by atoms with van der Waals surface area (Å²) in [5.74, 6) is 0.652. The highest BCUT2D eigenvalue weighted by atomic mass is 32.2. The van der Waals surface area contributed by atoms with E-state index < -0.39 is 0 Å². The van der Waals surface area contributed by atoms with Gasteiger partial charge < -0.3 is 9.69 Å². The summed E-state index contributed by atoms with van der Waals surface area (Å²) in [4.78, 5) is 14.8. The van der Waals surface area contributed by atoms with E-state index in [0.717, 1.165) is 24.5 Å². The van der Waals surface area contributed by atoms with Crippen LogP contribution >= 0.6 is 11.8 Å². The molecule has 0 aliphatic rings. The monoisotopic (exact) mass is 272 g/mol. The van der Waals surface area contributed by atoms with Gasteiger partial charge in [0.15, 0.2) is 0 Å². The molecule has 7 nitrogen and oxygen atoms in total. The van der Waals surface area contributed by atoms with Crippen molar-refractivity contribution in [2.24, 2.45) is 0 Å². The first-order valence-electron chi connectivity index (χ1n) is 5.70. The summed E-state index contributed by atoms with van der Waals surface area (Å²) in [6.45, 7) is 1.62. The van der Waals surface area contributed by atoms with Crippen molar-refractivity contribution in [1.82, 2.24) is 30.0 Å². The summed E-state index contributed by atoms with van der Waals surface area (Å²) >= 11 is 1.50. The van der Waals surface area contributed by atoms with Crippen LogP contribution in [0.1, 0.15) is 0 Å². The van der Waals surface area contributed by atoms with Gasteiger partial charge in [0.05, 0.1) is 12.6 Å². The number of rotatable bonds is 8. The predicted octanol–water partition coefficient (Wildman–Crippen LogP) is -0.544. The van der Waals surface area contributed by atoms with Crippen LogP contribution in [0.3, 0.4) is 0 Å². The van der Waals surface area contributed by atoms with Crippen molar-refractivity contribution in [1.29, 1.82) is 0 Å². The molecule has 1 unspecified atom stereocenters. The first-order chi connectivity index (χ1) is 8.54. The zero-order valence-electron chi connectivity index (χ0n) is 11.3. The number of aromatic nitrogens is 4. The van der Waals surface area contributed by atoms with E-state index in [1.54, 1.807) is 4.68 Å².